The van der Waals surface area contributed by atoms with Crippen molar-refractivity contribution in [1.29, 1.82) is 5.26 Å². The van der Waals surface area contributed by atoms with E-state index in [1.807, 2.05) is 44.2 Å². The quantitative estimate of drug-likeness (QED) is 0.902. The zero-order valence-electron chi connectivity index (χ0n) is 11.6. The van der Waals surface area contributed by atoms with Crippen molar-refractivity contribution < 1.29 is 4.74 Å². The van der Waals surface area contributed by atoms with Gasteiger partial charge in [-0.15, -0.1) is 0 Å². The summed E-state index contributed by atoms with van der Waals surface area (Å²) in [5, 5.41) is 12.0. The number of anilines is 1. The summed E-state index contributed by atoms with van der Waals surface area (Å²) in [6.07, 6.45) is 0. The average Bonchev–Trinajstić information content (AvgIpc) is 2.45. The van der Waals surface area contributed by atoms with E-state index in [0.717, 1.165) is 17.0 Å². The standard InChI is InChI=1S/C15H16N4O/c1-3-20-14-6-4-5-12(8-14)10-17-15-18-11(2)7-13(9-16)19-15/h4-8H,3,10H2,1-2H3,(H,17,18,19). The Morgan fingerprint density at radius 1 is 1.30 bits per heavy atom. The highest BCUT2D eigenvalue weighted by molar-refractivity contribution is 5.35. The molecular weight excluding hydrogens is 252 g/mol. The van der Waals surface area contributed by atoms with Gasteiger partial charge in [0, 0.05) is 12.2 Å². The number of aromatic nitrogens is 2. The summed E-state index contributed by atoms with van der Waals surface area (Å²) in [7, 11) is 0. The van der Waals surface area contributed by atoms with E-state index in [1.54, 1.807) is 6.07 Å². The fourth-order valence-electron chi connectivity index (χ4n) is 1.80. The Labute approximate surface area is 118 Å². The summed E-state index contributed by atoms with van der Waals surface area (Å²) in [6.45, 7) is 5.01. The number of aryl methyl sites for hydroxylation is 1. The van der Waals surface area contributed by atoms with Crippen LogP contribution in [0, 0.1) is 18.3 Å². The van der Waals surface area contributed by atoms with E-state index in [1.165, 1.54) is 0 Å². The van der Waals surface area contributed by atoms with Crippen LogP contribution in [0.2, 0.25) is 0 Å². The fraction of sp³-hybridized carbons (Fsp3) is 0.267. The van der Waals surface area contributed by atoms with Crippen molar-refractivity contribution in [3.63, 3.8) is 0 Å². The number of nitriles is 1. The van der Waals surface area contributed by atoms with Crippen molar-refractivity contribution >= 4 is 5.95 Å². The summed E-state index contributed by atoms with van der Waals surface area (Å²) >= 11 is 0. The molecule has 1 heterocycles. The third-order valence-electron chi connectivity index (χ3n) is 2.63. The van der Waals surface area contributed by atoms with Crippen molar-refractivity contribution in [2.45, 2.75) is 20.4 Å². The maximum Gasteiger partial charge on any atom is 0.224 e. The number of ether oxygens (including phenoxy) is 1. The Morgan fingerprint density at radius 3 is 2.90 bits per heavy atom. The van der Waals surface area contributed by atoms with Gasteiger partial charge >= 0.3 is 0 Å². The Morgan fingerprint density at radius 2 is 2.15 bits per heavy atom. The fourth-order valence-corrected chi connectivity index (χ4v) is 1.80. The molecule has 0 atom stereocenters. The number of hydrogen-bond acceptors (Lipinski definition) is 5. The van der Waals surface area contributed by atoms with E-state index in [4.69, 9.17) is 10.00 Å². The van der Waals surface area contributed by atoms with Crippen LogP contribution in [-0.4, -0.2) is 16.6 Å². The summed E-state index contributed by atoms with van der Waals surface area (Å²) < 4.78 is 5.45. The van der Waals surface area contributed by atoms with Crippen molar-refractivity contribution in [3.05, 3.63) is 47.3 Å². The molecule has 0 amide bonds. The molecule has 0 aliphatic rings. The molecule has 0 saturated carbocycles. The van der Waals surface area contributed by atoms with Crippen molar-refractivity contribution in [2.75, 3.05) is 11.9 Å². The highest BCUT2D eigenvalue weighted by Crippen LogP contribution is 2.14. The van der Waals surface area contributed by atoms with E-state index in [2.05, 4.69) is 15.3 Å². The molecule has 0 bridgehead atoms. The first-order valence-corrected chi connectivity index (χ1v) is 6.42. The molecule has 1 N–H and O–H groups in total. The molecule has 5 nitrogen and oxygen atoms in total. The van der Waals surface area contributed by atoms with Gasteiger partial charge < -0.3 is 10.1 Å². The molecule has 0 radical (unpaired) electrons. The first kappa shape index (κ1) is 13.8. The minimum atomic E-state index is 0.364. The third kappa shape index (κ3) is 3.69. The molecular formula is C15H16N4O. The van der Waals surface area contributed by atoms with Crippen LogP contribution in [0.4, 0.5) is 5.95 Å². The first-order valence-electron chi connectivity index (χ1n) is 6.42. The van der Waals surface area contributed by atoms with Gasteiger partial charge in [-0.25, -0.2) is 9.97 Å². The van der Waals surface area contributed by atoms with Crippen LogP contribution in [0.25, 0.3) is 0 Å². The first-order chi connectivity index (χ1) is 9.71. The van der Waals surface area contributed by atoms with Crippen molar-refractivity contribution in [1.82, 2.24) is 9.97 Å². The van der Waals surface area contributed by atoms with Crippen LogP contribution in [0.5, 0.6) is 5.75 Å². The van der Waals surface area contributed by atoms with Crippen LogP contribution in [0.3, 0.4) is 0 Å². The van der Waals surface area contributed by atoms with Crippen LogP contribution < -0.4 is 10.1 Å². The molecule has 2 aromatic rings. The van der Waals surface area contributed by atoms with Crippen LogP contribution in [0.1, 0.15) is 23.9 Å². The Kier molecular flexibility index (Phi) is 4.51. The SMILES string of the molecule is CCOc1cccc(CNc2nc(C)cc(C#N)n2)c1. The number of nitrogens with zero attached hydrogens (tertiary/aromatic N) is 3. The lowest BCUT2D eigenvalue weighted by Crippen LogP contribution is -2.05. The molecule has 0 aliphatic heterocycles. The maximum absolute atomic E-state index is 8.88. The Hall–Kier alpha value is -2.61. The Bertz CT molecular complexity index is 634. The largest absolute Gasteiger partial charge is 0.494 e. The molecule has 0 aliphatic carbocycles. The lowest BCUT2D eigenvalue weighted by atomic mass is 10.2. The summed E-state index contributed by atoms with van der Waals surface area (Å²) in [4.78, 5) is 8.36. The van der Waals surface area contributed by atoms with Gasteiger partial charge in [-0.2, -0.15) is 5.26 Å². The van der Waals surface area contributed by atoms with E-state index >= 15 is 0 Å². The van der Waals surface area contributed by atoms with Gasteiger partial charge in [0.2, 0.25) is 5.95 Å². The molecule has 102 valence electrons. The Balaban J connectivity index is 2.07. The topological polar surface area (TPSA) is 70.8 Å². The van der Waals surface area contributed by atoms with E-state index < -0.39 is 0 Å². The molecule has 5 heteroatoms. The maximum atomic E-state index is 8.88. The van der Waals surface area contributed by atoms with Crippen LogP contribution in [-0.2, 0) is 6.54 Å². The van der Waals surface area contributed by atoms with Gasteiger partial charge in [0.05, 0.1) is 6.61 Å². The lowest BCUT2D eigenvalue weighted by molar-refractivity contribution is 0.340. The van der Waals surface area contributed by atoms with Gasteiger partial charge in [0.15, 0.2) is 0 Å². The zero-order chi connectivity index (χ0) is 14.4. The monoisotopic (exact) mass is 268 g/mol. The molecule has 2 rings (SSSR count). The summed E-state index contributed by atoms with van der Waals surface area (Å²) in [6, 6.07) is 11.5. The van der Waals surface area contributed by atoms with Gasteiger partial charge in [0.25, 0.3) is 0 Å². The van der Waals surface area contributed by atoms with Crippen LogP contribution >= 0.6 is 0 Å². The van der Waals surface area contributed by atoms with Gasteiger partial charge in [-0.3, -0.25) is 0 Å². The second kappa shape index (κ2) is 6.53. The highest BCUT2D eigenvalue weighted by Gasteiger charge is 2.02. The minimum Gasteiger partial charge on any atom is -0.494 e. The van der Waals surface area contributed by atoms with Gasteiger partial charge in [-0.1, -0.05) is 12.1 Å². The molecule has 0 spiro atoms. The average molecular weight is 268 g/mol. The molecule has 1 aromatic heterocycles. The summed E-state index contributed by atoms with van der Waals surface area (Å²) in [5.74, 6) is 1.30. The summed E-state index contributed by atoms with van der Waals surface area (Å²) in [5.41, 5.74) is 2.20. The predicted octanol–water partition coefficient (Wildman–Crippen LogP) is 2.67. The van der Waals surface area contributed by atoms with Crippen LogP contribution in [0.15, 0.2) is 30.3 Å². The van der Waals surface area contributed by atoms with E-state index in [0.29, 0.717) is 24.8 Å². The zero-order valence-corrected chi connectivity index (χ0v) is 11.6. The number of benzene rings is 1. The van der Waals surface area contributed by atoms with E-state index in [9.17, 15) is 0 Å². The molecule has 0 saturated heterocycles. The molecule has 20 heavy (non-hydrogen) atoms. The van der Waals surface area contributed by atoms with Gasteiger partial charge in [-0.05, 0) is 37.6 Å². The van der Waals surface area contributed by atoms with E-state index in [-0.39, 0.29) is 0 Å². The number of rotatable bonds is 5. The second-order valence-corrected chi connectivity index (χ2v) is 4.26. The molecule has 0 fully saturated rings. The molecule has 0 unspecified atom stereocenters. The molecule has 1 aromatic carbocycles. The second-order valence-electron chi connectivity index (χ2n) is 4.26. The van der Waals surface area contributed by atoms with Gasteiger partial charge in [0.1, 0.15) is 17.5 Å². The number of hydrogen-bond donors (Lipinski definition) is 1. The predicted molar refractivity (Wildman–Crippen MR) is 76.4 cm³/mol. The smallest absolute Gasteiger partial charge is 0.224 e. The highest BCUT2D eigenvalue weighted by atomic mass is 16.5. The third-order valence-corrected chi connectivity index (χ3v) is 2.63. The van der Waals surface area contributed by atoms with Crippen molar-refractivity contribution in [3.8, 4) is 11.8 Å². The normalized spacial score (nSPS) is 9.85. The number of nitrogens with one attached hydrogen (secondary N) is 1. The minimum absolute atomic E-state index is 0.364. The lowest BCUT2D eigenvalue weighted by Gasteiger charge is -2.08. The van der Waals surface area contributed by atoms with Crippen molar-refractivity contribution in [2.24, 2.45) is 0 Å².